The molecule has 0 aromatic heterocycles. The summed E-state index contributed by atoms with van der Waals surface area (Å²) in [5, 5.41) is 0. The SMILES string of the molecule is Cc1ccc(Cc2ccc(S(=O)(=O)c3ccc(-c4ccc(C(C)(C)c5ccc(Oc6ccc(S(=O)(=O)c7ccc(C)cc7)cc6)cc5)cc4)cc3)cc2)cc1. The van der Waals surface area contributed by atoms with Gasteiger partial charge >= 0.3 is 0 Å². The van der Waals surface area contributed by atoms with Crippen molar-refractivity contribution in [2.45, 2.75) is 59.1 Å². The standard InChI is InChI=1S/C48H42O5S2/c1-34-5-9-36(10-6-34)33-37-11-27-45(28-12-37)55(51,52)46-29-15-39(16-30-46)38-13-17-40(18-14-38)48(3,4)41-19-21-42(22-20-41)53-43-23-31-47(32-24-43)54(49,50)44-25-7-35(2)8-26-44/h5-32H,33H2,1-4H3. The van der Waals surface area contributed by atoms with Crippen LogP contribution in [0.5, 0.6) is 11.5 Å². The van der Waals surface area contributed by atoms with Gasteiger partial charge in [-0.05, 0) is 126 Å². The van der Waals surface area contributed by atoms with E-state index in [9.17, 15) is 16.8 Å². The van der Waals surface area contributed by atoms with E-state index in [-0.39, 0.29) is 25.0 Å². The third-order valence-corrected chi connectivity index (χ3v) is 13.7. The largest absolute Gasteiger partial charge is 0.457 e. The fourth-order valence-electron chi connectivity index (χ4n) is 6.55. The van der Waals surface area contributed by atoms with Crippen LogP contribution in [0.2, 0.25) is 0 Å². The summed E-state index contributed by atoms with van der Waals surface area (Å²) >= 11 is 0. The van der Waals surface area contributed by atoms with Gasteiger partial charge in [-0.15, -0.1) is 0 Å². The second-order valence-corrected chi connectivity index (χ2v) is 18.4. The predicted octanol–water partition coefficient (Wildman–Crippen LogP) is 11.3. The summed E-state index contributed by atoms with van der Waals surface area (Å²) in [4.78, 5) is 1.01. The Morgan fingerprint density at radius 3 is 1.13 bits per heavy atom. The van der Waals surface area contributed by atoms with Gasteiger partial charge in [0.15, 0.2) is 0 Å². The molecule has 0 radical (unpaired) electrons. The highest BCUT2D eigenvalue weighted by atomic mass is 32.2. The van der Waals surface area contributed by atoms with Gasteiger partial charge < -0.3 is 4.74 Å². The zero-order valence-electron chi connectivity index (χ0n) is 31.2. The highest BCUT2D eigenvalue weighted by molar-refractivity contribution is 7.91. The Morgan fingerprint density at radius 2 is 0.691 bits per heavy atom. The number of benzene rings is 7. The van der Waals surface area contributed by atoms with Crippen molar-refractivity contribution in [1.82, 2.24) is 0 Å². The topological polar surface area (TPSA) is 77.5 Å². The maximum atomic E-state index is 13.5. The number of hydrogen-bond acceptors (Lipinski definition) is 5. The molecule has 0 N–H and O–H groups in total. The Kier molecular flexibility index (Phi) is 10.4. The number of aryl methyl sites for hydroxylation is 2. The Bertz CT molecular complexity index is 2630. The van der Waals surface area contributed by atoms with Crippen molar-refractivity contribution in [1.29, 1.82) is 0 Å². The lowest BCUT2D eigenvalue weighted by atomic mass is 9.78. The predicted molar refractivity (Wildman–Crippen MR) is 219 cm³/mol. The van der Waals surface area contributed by atoms with E-state index in [0.717, 1.165) is 39.8 Å². The van der Waals surface area contributed by atoms with Crippen molar-refractivity contribution in [3.63, 3.8) is 0 Å². The Labute approximate surface area is 324 Å². The summed E-state index contributed by atoms with van der Waals surface area (Å²) in [6, 6.07) is 52.1. The molecule has 7 heteroatoms. The molecule has 55 heavy (non-hydrogen) atoms. The molecule has 276 valence electrons. The second-order valence-electron chi connectivity index (χ2n) is 14.5. The van der Waals surface area contributed by atoms with Crippen LogP contribution in [0.3, 0.4) is 0 Å². The van der Waals surface area contributed by atoms with Gasteiger partial charge in [-0.3, -0.25) is 0 Å². The van der Waals surface area contributed by atoms with Crippen molar-refractivity contribution >= 4 is 19.7 Å². The van der Waals surface area contributed by atoms with Crippen LogP contribution >= 0.6 is 0 Å². The Hall–Kier alpha value is -5.76. The third kappa shape index (κ3) is 8.19. The molecule has 0 unspecified atom stereocenters. The van der Waals surface area contributed by atoms with Crippen LogP contribution in [0.1, 0.15) is 47.2 Å². The van der Waals surface area contributed by atoms with E-state index in [2.05, 4.69) is 69.3 Å². The lowest BCUT2D eigenvalue weighted by molar-refractivity contribution is 0.481. The van der Waals surface area contributed by atoms with E-state index >= 15 is 0 Å². The zero-order valence-corrected chi connectivity index (χ0v) is 32.9. The van der Waals surface area contributed by atoms with Crippen molar-refractivity contribution in [3.8, 4) is 22.6 Å². The summed E-state index contributed by atoms with van der Waals surface area (Å²) in [6.45, 7) is 8.31. The maximum Gasteiger partial charge on any atom is 0.206 e. The molecule has 7 aromatic rings. The second kappa shape index (κ2) is 15.2. The summed E-state index contributed by atoms with van der Waals surface area (Å²) in [7, 11) is -7.28. The number of sulfone groups is 2. The van der Waals surface area contributed by atoms with Crippen LogP contribution in [-0.4, -0.2) is 16.8 Å². The minimum atomic E-state index is -3.66. The molecule has 0 amide bonds. The molecule has 5 nitrogen and oxygen atoms in total. The minimum absolute atomic E-state index is 0.211. The van der Waals surface area contributed by atoms with Crippen LogP contribution in [0.15, 0.2) is 189 Å². The van der Waals surface area contributed by atoms with Crippen LogP contribution in [-0.2, 0) is 31.5 Å². The van der Waals surface area contributed by atoms with Gasteiger partial charge in [0.05, 0.1) is 19.6 Å². The number of rotatable bonds is 11. The van der Waals surface area contributed by atoms with E-state index in [1.54, 1.807) is 72.8 Å². The van der Waals surface area contributed by atoms with Gasteiger partial charge in [-0.1, -0.05) is 122 Å². The van der Waals surface area contributed by atoms with Gasteiger partial charge in [-0.2, -0.15) is 0 Å². The maximum absolute atomic E-state index is 13.5. The normalized spacial score (nSPS) is 12.0. The summed E-state index contributed by atoms with van der Waals surface area (Å²) in [6.07, 6.45) is 0.747. The van der Waals surface area contributed by atoms with Gasteiger partial charge in [0.2, 0.25) is 19.7 Å². The first kappa shape index (κ1) is 37.6. The molecular weight excluding hydrogens is 721 g/mol. The summed E-state index contributed by atoms with van der Waals surface area (Å²) in [5.41, 5.74) is 8.29. The van der Waals surface area contributed by atoms with Gasteiger partial charge in [0.1, 0.15) is 11.5 Å². The minimum Gasteiger partial charge on any atom is -0.457 e. The molecule has 7 aromatic carbocycles. The summed E-state index contributed by atoms with van der Waals surface area (Å²) in [5.74, 6) is 1.18. The molecule has 0 aliphatic rings. The highest BCUT2D eigenvalue weighted by Gasteiger charge is 2.24. The molecular formula is C48H42O5S2. The van der Waals surface area contributed by atoms with E-state index in [0.29, 0.717) is 11.5 Å². The molecule has 0 saturated carbocycles. The van der Waals surface area contributed by atoms with Gasteiger partial charge in [0.25, 0.3) is 0 Å². The molecule has 0 aliphatic carbocycles. The van der Waals surface area contributed by atoms with Crippen LogP contribution in [0.25, 0.3) is 11.1 Å². The van der Waals surface area contributed by atoms with Crippen molar-refractivity contribution in [2.75, 3.05) is 0 Å². The third-order valence-electron chi connectivity index (χ3n) is 10.1. The molecule has 0 heterocycles. The Morgan fingerprint density at radius 1 is 0.400 bits per heavy atom. The van der Waals surface area contributed by atoms with Crippen molar-refractivity contribution in [2.24, 2.45) is 0 Å². The molecule has 0 bridgehead atoms. The Balaban J connectivity index is 0.987. The first-order valence-corrected chi connectivity index (χ1v) is 21.1. The average Bonchev–Trinajstić information content (AvgIpc) is 3.20. The lowest BCUT2D eigenvalue weighted by Crippen LogP contribution is -2.18. The van der Waals surface area contributed by atoms with Crippen LogP contribution in [0, 0.1) is 13.8 Å². The van der Waals surface area contributed by atoms with E-state index in [1.165, 1.54) is 11.1 Å². The quantitative estimate of drug-likeness (QED) is 0.131. The monoisotopic (exact) mass is 762 g/mol. The van der Waals surface area contributed by atoms with E-state index in [1.807, 2.05) is 55.5 Å². The number of hydrogen-bond donors (Lipinski definition) is 0. The summed E-state index contributed by atoms with van der Waals surface area (Å²) < 4.78 is 59.0. The molecule has 0 saturated heterocycles. The van der Waals surface area contributed by atoms with Crippen molar-refractivity contribution < 1.29 is 21.6 Å². The smallest absolute Gasteiger partial charge is 0.206 e. The highest BCUT2D eigenvalue weighted by Crippen LogP contribution is 2.35. The van der Waals surface area contributed by atoms with E-state index in [4.69, 9.17) is 4.74 Å². The van der Waals surface area contributed by atoms with Gasteiger partial charge in [0, 0.05) is 5.41 Å². The zero-order chi connectivity index (χ0) is 38.8. The molecule has 0 aliphatic heterocycles. The fraction of sp³-hybridized carbons (Fsp3) is 0.125. The van der Waals surface area contributed by atoms with E-state index < -0.39 is 19.7 Å². The molecule has 7 rings (SSSR count). The van der Waals surface area contributed by atoms with Crippen molar-refractivity contribution in [3.05, 3.63) is 203 Å². The van der Waals surface area contributed by atoms with Gasteiger partial charge in [-0.25, -0.2) is 16.8 Å². The van der Waals surface area contributed by atoms with Crippen LogP contribution < -0.4 is 4.74 Å². The molecule has 0 fully saturated rings. The fourth-order valence-corrected chi connectivity index (χ4v) is 9.07. The lowest BCUT2D eigenvalue weighted by Gasteiger charge is -2.26. The average molecular weight is 763 g/mol. The first-order chi connectivity index (χ1) is 26.3. The first-order valence-electron chi connectivity index (χ1n) is 18.1. The van der Waals surface area contributed by atoms with Crippen LogP contribution in [0.4, 0.5) is 0 Å². The molecule has 0 atom stereocenters. The number of ether oxygens (including phenoxy) is 1. The molecule has 0 spiro atoms.